The highest BCUT2D eigenvalue weighted by Gasteiger charge is 2.13. The van der Waals surface area contributed by atoms with Crippen LogP contribution in [0.2, 0.25) is 0 Å². The van der Waals surface area contributed by atoms with E-state index in [9.17, 15) is 4.79 Å². The molecule has 0 saturated heterocycles. The number of amides is 1. The third-order valence-electron chi connectivity index (χ3n) is 2.92. The number of hydrogen-bond acceptors (Lipinski definition) is 4. The summed E-state index contributed by atoms with van der Waals surface area (Å²) in [5.41, 5.74) is 1.57. The molecule has 1 aromatic carbocycles. The van der Waals surface area contributed by atoms with Crippen LogP contribution >= 0.6 is 0 Å². The van der Waals surface area contributed by atoms with Gasteiger partial charge in [0.1, 0.15) is 12.7 Å². The maximum absolute atomic E-state index is 11.9. The standard InChI is InChI=1S/C14H15N5O/c1-11(8-19-10-16-9-18-19)14(20)17-7-13-4-2-12(6-15)3-5-13/h2-5,9-11H,7-8H2,1H3,(H,17,20). The van der Waals surface area contributed by atoms with Crippen molar-refractivity contribution in [3.63, 3.8) is 0 Å². The van der Waals surface area contributed by atoms with Crippen LogP contribution in [0.25, 0.3) is 0 Å². The molecule has 0 aliphatic heterocycles. The second-order valence-electron chi connectivity index (χ2n) is 4.55. The van der Waals surface area contributed by atoms with Gasteiger partial charge in [-0.15, -0.1) is 0 Å². The summed E-state index contributed by atoms with van der Waals surface area (Å²) in [5, 5.41) is 15.5. The van der Waals surface area contributed by atoms with Crippen molar-refractivity contribution in [2.45, 2.75) is 20.0 Å². The molecule has 102 valence electrons. The van der Waals surface area contributed by atoms with E-state index in [1.165, 1.54) is 6.33 Å². The number of benzene rings is 1. The van der Waals surface area contributed by atoms with Crippen LogP contribution in [0.1, 0.15) is 18.1 Å². The van der Waals surface area contributed by atoms with Gasteiger partial charge in [-0.3, -0.25) is 9.48 Å². The second-order valence-corrected chi connectivity index (χ2v) is 4.55. The largest absolute Gasteiger partial charge is 0.352 e. The molecule has 0 aliphatic rings. The third-order valence-corrected chi connectivity index (χ3v) is 2.92. The van der Waals surface area contributed by atoms with Crippen LogP contribution in [-0.4, -0.2) is 20.7 Å². The van der Waals surface area contributed by atoms with Crippen LogP contribution in [0.3, 0.4) is 0 Å². The molecule has 2 rings (SSSR count). The van der Waals surface area contributed by atoms with Gasteiger partial charge in [0.25, 0.3) is 0 Å². The predicted molar refractivity (Wildman–Crippen MR) is 72.2 cm³/mol. The number of carbonyl (C=O) groups is 1. The Hall–Kier alpha value is -2.68. The summed E-state index contributed by atoms with van der Waals surface area (Å²) in [6, 6.07) is 9.20. The maximum Gasteiger partial charge on any atom is 0.224 e. The third kappa shape index (κ3) is 3.65. The van der Waals surface area contributed by atoms with E-state index in [0.29, 0.717) is 18.7 Å². The Morgan fingerprint density at radius 2 is 2.20 bits per heavy atom. The van der Waals surface area contributed by atoms with E-state index in [1.807, 2.05) is 19.1 Å². The molecule has 0 radical (unpaired) electrons. The summed E-state index contributed by atoms with van der Waals surface area (Å²) in [5.74, 6) is -0.222. The molecule has 1 aromatic heterocycles. The Balaban J connectivity index is 1.83. The molecule has 1 amide bonds. The van der Waals surface area contributed by atoms with Crippen molar-refractivity contribution in [3.8, 4) is 6.07 Å². The van der Waals surface area contributed by atoms with E-state index < -0.39 is 0 Å². The van der Waals surface area contributed by atoms with Crippen molar-refractivity contribution in [1.82, 2.24) is 20.1 Å². The topological polar surface area (TPSA) is 83.6 Å². The molecule has 0 spiro atoms. The lowest BCUT2D eigenvalue weighted by Gasteiger charge is -2.12. The molecule has 1 N–H and O–H groups in total. The minimum absolute atomic E-state index is 0.0372. The second kappa shape index (κ2) is 6.48. The molecule has 0 fully saturated rings. The summed E-state index contributed by atoms with van der Waals surface area (Å²) in [6.45, 7) is 2.79. The van der Waals surface area contributed by atoms with Gasteiger partial charge in [-0.2, -0.15) is 10.4 Å². The van der Waals surface area contributed by atoms with Crippen molar-refractivity contribution in [1.29, 1.82) is 5.26 Å². The van der Waals surface area contributed by atoms with E-state index in [1.54, 1.807) is 23.1 Å². The minimum Gasteiger partial charge on any atom is -0.352 e. The highest BCUT2D eigenvalue weighted by molar-refractivity contribution is 5.78. The fraction of sp³-hybridized carbons (Fsp3) is 0.286. The Labute approximate surface area is 117 Å². The van der Waals surface area contributed by atoms with Crippen LogP contribution in [0, 0.1) is 17.2 Å². The molecular formula is C14H15N5O. The SMILES string of the molecule is CC(Cn1cncn1)C(=O)NCc1ccc(C#N)cc1. The molecule has 6 heteroatoms. The lowest BCUT2D eigenvalue weighted by Crippen LogP contribution is -2.31. The maximum atomic E-state index is 11.9. The van der Waals surface area contributed by atoms with Crippen LogP contribution in [0.4, 0.5) is 0 Å². The molecule has 0 bridgehead atoms. The average molecular weight is 269 g/mol. The lowest BCUT2D eigenvalue weighted by atomic mass is 10.1. The quantitative estimate of drug-likeness (QED) is 0.881. The molecule has 20 heavy (non-hydrogen) atoms. The summed E-state index contributed by atoms with van der Waals surface area (Å²) in [7, 11) is 0. The average Bonchev–Trinajstić information content (AvgIpc) is 2.98. The van der Waals surface area contributed by atoms with Crippen LogP contribution in [0.15, 0.2) is 36.9 Å². The normalized spacial score (nSPS) is 11.6. The first-order valence-electron chi connectivity index (χ1n) is 6.28. The van der Waals surface area contributed by atoms with E-state index in [2.05, 4.69) is 21.5 Å². The van der Waals surface area contributed by atoms with Crippen molar-refractivity contribution in [2.24, 2.45) is 5.92 Å². The zero-order valence-electron chi connectivity index (χ0n) is 11.2. The van der Waals surface area contributed by atoms with Crippen molar-refractivity contribution in [2.75, 3.05) is 0 Å². The molecule has 0 saturated carbocycles. The molecule has 0 aliphatic carbocycles. The fourth-order valence-corrected chi connectivity index (χ4v) is 1.75. The molecule has 1 atom stereocenters. The first kappa shape index (κ1) is 13.7. The highest BCUT2D eigenvalue weighted by Crippen LogP contribution is 2.04. The Bertz CT molecular complexity index is 597. The van der Waals surface area contributed by atoms with E-state index in [4.69, 9.17) is 5.26 Å². The Morgan fingerprint density at radius 3 is 2.80 bits per heavy atom. The summed E-state index contributed by atoms with van der Waals surface area (Å²) in [6.07, 6.45) is 3.03. The van der Waals surface area contributed by atoms with Gasteiger partial charge in [-0.25, -0.2) is 4.98 Å². The van der Waals surface area contributed by atoms with Gasteiger partial charge in [0.2, 0.25) is 5.91 Å². The number of carbonyl (C=O) groups excluding carboxylic acids is 1. The first-order chi connectivity index (χ1) is 9.69. The predicted octanol–water partition coefficient (Wildman–Crippen LogP) is 1.10. The van der Waals surface area contributed by atoms with E-state index in [-0.39, 0.29) is 11.8 Å². The van der Waals surface area contributed by atoms with Gasteiger partial charge in [0.15, 0.2) is 0 Å². The zero-order chi connectivity index (χ0) is 14.4. The zero-order valence-corrected chi connectivity index (χ0v) is 11.2. The number of hydrogen-bond donors (Lipinski definition) is 1. The molecule has 1 heterocycles. The van der Waals surface area contributed by atoms with Gasteiger partial charge in [0.05, 0.1) is 24.1 Å². The molecular weight excluding hydrogens is 254 g/mol. The summed E-state index contributed by atoms with van der Waals surface area (Å²) >= 11 is 0. The van der Waals surface area contributed by atoms with E-state index >= 15 is 0 Å². The summed E-state index contributed by atoms with van der Waals surface area (Å²) in [4.78, 5) is 15.8. The van der Waals surface area contributed by atoms with Crippen LogP contribution in [-0.2, 0) is 17.9 Å². The number of nitrogens with zero attached hydrogens (tertiary/aromatic N) is 4. The Kier molecular flexibility index (Phi) is 4.45. The molecule has 6 nitrogen and oxygen atoms in total. The first-order valence-corrected chi connectivity index (χ1v) is 6.28. The van der Waals surface area contributed by atoms with Crippen molar-refractivity contribution >= 4 is 5.91 Å². The van der Waals surface area contributed by atoms with E-state index in [0.717, 1.165) is 5.56 Å². The lowest BCUT2D eigenvalue weighted by molar-refractivity contribution is -0.125. The number of nitriles is 1. The summed E-state index contributed by atoms with van der Waals surface area (Å²) < 4.78 is 1.63. The minimum atomic E-state index is -0.185. The van der Waals surface area contributed by atoms with Crippen LogP contribution in [0.5, 0.6) is 0 Å². The van der Waals surface area contributed by atoms with Gasteiger partial charge in [-0.1, -0.05) is 19.1 Å². The number of aromatic nitrogens is 3. The van der Waals surface area contributed by atoms with Gasteiger partial charge in [-0.05, 0) is 17.7 Å². The fourth-order valence-electron chi connectivity index (χ4n) is 1.75. The smallest absolute Gasteiger partial charge is 0.224 e. The Morgan fingerprint density at radius 1 is 1.45 bits per heavy atom. The highest BCUT2D eigenvalue weighted by atomic mass is 16.1. The van der Waals surface area contributed by atoms with Crippen molar-refractivity contribution in [3.05, 3.63) is 48.0 Å². The monoisotopic (exact) mass is 269 g/mol. The number of nitrogens with one attached hydrogen (secondary N) is 1. The molecule has 1 unspecified atom stereocenters. The van der Waals surface area contributed by atoms with Crippen LogP contribution < -0.4 is 5.32 Å². The van der Waals surface area contributed by atoms with Gasteiger partial charge >= 0.3 is 0 Å². The van der Waals surface area contributed by atoms with Gasteiger partial charge in [0, 0.05) is 6.54 Å². The van der Waals surface area contributed by atoms with Gasteiger partial charge < -0.3 is 5.32 Å². The van der Waals surface area contributed by atoms with Crippen molar-refractivity contribution < 1.29 is 4.79 Å². The molecule has 2 aromatic rings. The number of rotatable bonds is 5.